The maximum atomic E-state index is 12.9. The zero-order valence-electron chi connectivity index (χ0n) is 15.4. The van der Waals surface area contributed by atoms with Crippen LogP contribution in [0.25, 0.3) is 0 Å². The Balaban J connectivity index is 1.44. The molecule has 1 aliphatic carbocycles. The van der Waals surface area contributed by atoms with E-state index in [0.29, 0.717) is 32.1 Å². The van der Waals surface area contributed by atoms with Gasteiger partial charge in [-0.25, -0.2) is 25.9 Å². The molecule has 1 aliphatic heterocycles. The molecule has 0 radical (unpaired) electrons. The Morgan fingerprint density at radius 1 is 1.07 bits per heavy atom. The van der Waals surface area contributed by atoms with Crippen LogP contribution in [0, 0.1) is 17.7 Å². The first-order valence-electron chi connectivity index (χ1n) is 9.41. The molecular formula is C18H25FN2O5S2. The standard InChI is InChI=1S/C18H25FN2O5S2/c19-15-5-7-17(8-6-15)28(25,26)20-11-13-1-3-14(4-2-13)18(22)21-16-9-10-27(23,24)12-16/h5-8,13-14,16,20H,1-4,9-12H2,(H,21,22)/t13?,14?,16-/m0/s1. The van der Waals surface area contributed by atoms with Crippen molar-refractivity contribution in [2.75, 3.05) is 18.1 Å². The highest BCUT2D eigenvalue weighted by molar-refractivity contribution is 7.91. The fraction of sp³-hybridized carbons (Fsp3) is 0.611. The zero-order valence-corrected chi connectivity index (χ0v) is 17.1. The van der Waals surface area contributed by atoms with Crippen LogP contribution < -0.4 is 10.0 Å². The lowest BCUT2D eigenvalue weighted by Gasteiger charge is -2.28. The molecule has 1 saturated heterocycles. The summed E-state index contributed by atoms with van der Waals surface area (Å²) in [4.78, 5) is 12.4. The normalized spacial score (nSPS) is 27.4. The predicted molar refractivity (Wildman–Crippen MR) is 102 cm³/mol. The van der Waals surface area contributed by atoms with E-state index >= 15 is 0 Å². The van der Waals surface area contributed by atoms with E-state index in [1.807, 2.05) is 0 Å². The molecule has 1 heterocycles. The molecule has 28 heavy (non-hydrogen) atoms. The second kappa shape index (κ2) is 8.46. The molecule has 10 heteroatoms. The number of halogens is 1. The Labute approximate surface area is 165 Å². The summed E-state index contributed by atoms with van der Waals surface area (Å²) in [5.41, 5.74) is 0. The van der Waals surface area contributed by atoms with Gasteiger partial charge in [0.25, 0.3) is 0 Å². The molecular weight excluding hydrogens is 407 g/mol. The number of nitrogens with one attached hydrogen (secondary N) is 2. The summed E-state index contributed by atoms with van der Waals surface area (Å²) in [5, 5.41) is 2.84. The van der Waals surface area contributed by atoms with Crippen LogP contribution in [0.2, 0.25) is 0 Å². The highest BCUT2D eigenvalue weighted by Crippen LogP contribution is 2.29. The van der Waals surface area contributed by atoms with Crippen LogP contribution in [0.15, 0.2) is 29.2 Å². The van der Waals surface area contributed by atoms with Crippen molar-refractivity contribution < 1.29 is 26.0 Å². The smallest absolute Gasteiger partial charge is 0.240 e. The second-order valence-corrected chi connectivity index (χ2v) is 11.6. The molecule has 1 saturated carbocycles. The van der Waals surface area contributed by atoms with Crippen LogP contribution in [0.5, 0.6) is 0 Å². The van der Waals surface area contributed by atoms with Gasteiger partial charge in [-0.15, -0.1) is 0 Å². The van der Waals surface area contributed by atoms with Gasteiger partial charge in [-0.3, -0.25) is 4.79 Å². The number of benzene rings is 1. The van der Waals surface area contributed by atoms with Crippen molar-refractivity contribution in [3.05, 3.63) is 30.1 Å². The van der Waals surface area contributed by atoms with E-state index in [-0.39, 0.29) is 46.7 Å². The van der Waals surface area contributed by atoms with Gasteiger partial charge in [0.05, 0.1) is 16.4 Å². The minimum absolute atomic E-state index is 0.0131. The summed E-state index contributed by atoms with van der Waals surface area (Å²) in [6.07, 6.45) is 3.19. The zero-order chi connectivity index (χ0) is 20.4. The van der Waals surface area contributed by atoms with Crippen LogP contribution in [0.1, 0.15) is 32.1 Å². The number of amides is 1. The molecule has 156 valence electrons. The van der Waals surface area contributed by atoms with Crippen LogP contribution in [0.4, 0.5) is 4.39 Å². The summed E-state index contributed by atoms with van der Waals surface area (Å²) >= 11 is 0. The van der Waals surface area contributed by atoms with Crippen LogP contribution >= 0.6 is 0 Å². The molecule has 7 nitrogen and oxygen atoms in total. The summed E-state index contributed by atoms with van der Waals surface area (Å²) in [6.45, 7) is 0.273. The molecule has 2 fully saturated rings. The number of carbonyl (C=O) groups is 1. The third kappa shape index (κ3) is 5.51. The van der Waals surface area contributed by atoms with Crippen molar-refractivity contribution in [2.24, 2.45) is 11.8 Å². The van der Waals surface area contributed by atoms with Crippen LogP contribution in [-0.4, -0.2) is 46.8 Å². The second-order valence-electron chi connectivity index (χ2n) is 7.63. The van der Waals surface area contributed by atoms with Crippen molar-refractivity contribution in [1.29, 1.82) is 0 Å². The van der Waals surface area contributed by atoms with E-state index < -0.39 is 25.7 Å². The summed E-state index contributed by atoms with van der Waals surface area (Å²) in [5.74, 6) is -0.490. The number of rotatable bonds is 6. The minimum atomic E-state index is -3.69. The Bertz CT molecular complexity index is 908. The molecule has 1 aromatic carbocycles. The molecule has 1 amide bonds. The number of hydrogen-bond donors (Lipinski definition) is 2. The summed E-state index contributed by atoms with van der Waals surface area (Å²) in [6, 6.07) is 4.37. The van der Waals surface area contributed by atoms with Crippen molar-refractivity contribution in [1.82, 2.24) is 10.0 Å². The third-order valence-corrected chi connectivity index (χ3v) is 8.69. The van der Waals surface area contributed by atoms with Crippen molar-refractivity contribution in [2.45, 2.75) is 43.0 Å². The molecule has 0 aromatic heterocycles. The van der Waals surface area contributed by atoms with E-state index in [1.54, 1.807) is 0 Å². The predicted octanol–water partition coefficient (Wildman–Crippen LogP) is 1.21. The van der Waals surface area contributed by atoms with Gasteiger partial charge < -0.3 is 5.32 Å². The lowest BCUT2D eigenvalue weighted by Crippen LogP contribution is -2.41. The van der Waals surface area contributed by atoms with Gasteiger partial charge in [-0.1, -0.05) is 0 Å². The first kappa shape index (κ1) is 21.2. The number of hydrogen-bond acceptors (Lipinski definition) is 5. The van der Waals surface area contributed by atoms with E-state index in [0.717, 1.165) is 12.1 Å². The topological polar surface area (TPSA) is 109 Å². The Morgan fingerprint density at radius 3 is 2.29 bits per heavy atom. The minimum Gasteiger partial charge on any atom is -0.352 e. The summed E-state index contributed by atoms with van der Waals surface area (Å²) in [7, 11) is -6.71. The van der Waals surface area contributed by atoms with E-state index in [2.05, 4.69) is 10.0 Å². The molecule has 2 aliphatic rings. The fourth-order valence-electron chi connectivity index (χ4n) is 3.78. The number of carbonyl (C=O) groups excluding carboxylic acids is 1. The molecule has 0 bridgehead atoms. The number of sulfone groups is 1. The van der Waals surface area contributed by atoms with Gasteiger partial charge >= 0.3 is 0 Å². The van der Waals surface area contributed by atoms with Gasteiger partial charge in [0.1, 0.15) is 5.82 Å². The summed E-state index contributed by atoms with van der Waals surface area (Å²) < 4.78 is 63.0. The van der Waals surface area contributed by atoms with Crippen molar-refractivity contribution in [3.63, 3.8) is 0 Å². The van der Waals surface area contributed by atoms with Gasteiger partial charge in [0.2, 0.25) is 15.9 Å². The fourth-order valence-corrected chi connectivity index (χ4v) is 6.57. The maximum Gasteiger partial charge on any atom is 0.240 e. The lowest BCUT2D eigenvalue weighted by atomic mass is 9.81. The quantitative estimate of drug-likeness (QED) is 0.702. The highest BCUT2D eigenvalue weighted by atomic mass is 32.2. The van der Waals surface area contributed by atoms with Gasteiger partial charge in [0, 0.05) is 18.5 Å². The molecule has 0 unspecified atom stereocenters. The average Bonchev–Trinajstić information content (AvgIpc) is 2.99. The Hall–Kier alpha value is -1.52. The van der Waals surface area contributed by atoms with Gasteiger partial charge in [0.15, 0.2) is 9.84 Å². The lowest BCUT2D eigenvalue weighted by molar-refractivity contribution is -0.126. The molecule has 1 atom stereocenters. The first-order chi connectivity index (χ1) is 13.1. The molecule has 2 N–H and O–H groups in total. The molecule has 0 spiro atoms. The van der Waals surface area contributed by atoms with E-state index in [1.165, 1.54) is 12.1 Å². The van der Waals surface area contributed by atoms with E-state index in [4.69, 9.17) is 0 Å². The van der Waals surface area contributed by atoms with E-state index in [9.17, 15) is 26.0 Å². The van der Waals surface area contributed by atoms with Crippen molar-refractivity contribution in [3.8, 4) is 0 Å². The number of sulfonamides is 1. The average molecular weight is 433 g/mol. The van der Waals surface area contributed by atoms with Crippen LogP contribution in [0.3, 0.4) is 0 Å². The van der Waals surface area contributed by atoms with Crippen LogP contribution in [-0.2, 0) is 24.7 Å². The monoisotopic (exact) mass is 432 g/mol. The third-order valence-electron chi connectivity index (χ3n) is 5.48. The van der Waals surface area contributed by atoms with Crippen molar-refractivity contribution >= 4 is 25.8 Å². The molecule has 3 rings (SSSR count). The first-order valence-corrected chi connectivity index (χ1v) is 12.7. The highest BCUT2D eigenvalue weighted by Gasteiger charge is 2.32. The van der Waals surface area contributed by atoms with Gasteiger partial charge in [-0.2, -0.15) is 0 Å². The largest absolute Gasteiger partial charge is 0.352 e. The Kier molecular flexibility index (Phi) is 6.41. The maximum absolute atomic E-state index is 12.9. The van der Waals surface area contributed by atoms with Gasteiger partial charge in [-0.05, 0) is 62.3 Å². The Morgan fingerprint density at radius 2 is 1.71 bits per heavy atom. The SMILES string of the molecule is O=C(N[C@H]1CCS(=O)(=O)C1)C1CCC(CNS(=O)(=O)c2ccc(F)cc2)CC1. The molecule has 1 aromatic rings.